The number of amides is 1. The van der Waals surface area contributed by atoms with Crippen molar-refractivity contribution in [3.05, 3.63) is 47.0 Å². The highest BCUT2D eigenvalue weighted by Gasteiger charge is 2.18. The normalized spacial score (nSPS) is 12.2. The molecule has 1 aromatic heterocycles. The molecule has 2 rings (SSSR count). The number of hydrogen-bond acceptors (Lipinski definition) is 3. The highest BCUT2D eigenvalue weighted by molar-refractivity contribution is 5.90. The Balaban J connectivity index is 2.12. The summed E-state index contributed by atoms with van der Waals surface area (Å²) in [4.78, 5) is 15.9. The topological polar surface area (TPSA) is 70.7 Å². The van der Waals surface area contributed by atoms with Crippen LogP contribution in [-0.2, 0) is 6.42 Å². The minimum absolute atomic E-state index is 0.0227. The molecule has 0 saturated heterocycles. The van der Waals surface area contributed by atoms with Gasteiger partial charge in [0.25, 0.3) is 5.91 Å². The van der Waals surface area contributed by atoms with Crippen LogP contribution >= 0.6 is 0 Å². The van der Waals surface area contributed by atoms with Crippen molar-refractivity contribution in [2.24, 2.45) is 0 Å². The van der Waals surface area contributed by atoms with Crippen LogP contribution in [0.3, 0.4) is 0 Å². The predicted octanol–water partition coefficient (Wildman–Crippen LogP) is 2.14. The van der Waals surface area contributed by atoms with Gasteiger partial charge in [-0.1, -0.05) is 6.92 Å². The lowest BCUT2D eigenvalue weighted by Gasteiger charge is -2.13. The SMILES string of the molecule is CCc1nc(C(=O)NC(C)c2cc(F)ccc2F)n[nH]1. The number of aromatic amines is 1. The average Bonchev–Trinajstić information content (AvgIpc) is 2.90. The second kappa shape index (κ2) is 5.77. The van der Waals surface area contributed by atoms with Gasteiger partial charge >= 0.3 is 0 Å². The summed E-state index contributed by atoms with van der Waals surface area (Å²) in [5.74, 6) is -1.13. The quantitative estimate of drug-likeness (QED) is 0.901. The molecule has 0 radical (unpaired) electrons. The van der Waals surface area contributed by atoms with E-state index in [1.54, 1.807) is 6.92 Å². The number of nitrogens with one attached hydrogen (secondary N) is 2. The molecule has 0 bridgehead atoms. The number of H-pyrrole nitrogens is 1. The Kier molecular flexibility index (Phi) is 4.07. The summed E-state index contributed by atoms with van der Waals surface area (Å²) < 4.78 is 26.7. The Labute approximate surface area is 114 Å². The fourth-order valence-electron chi connectivity index (χ4n) is 1.74. The van der Waals surface area contributed by atoms with Crippen LogP contribution in [0.5, 0.6) is 0 Å². The van der Waals surface area contributed by atoms with Gasteiger partial charge in [0.05, 0.1) is 6.04 Å². The zero-order valence-electron chi connectivity index (χ0n) is 11.1. The second-order valence-corrected chi connectivity index (χ2v) is 4.32. The first kappa shape index (κ1) is 14.1. The first-order valence-corrected chi connectivity index (χ1v) is 6.18. The van der Waals surface area contributed by atoms with E-state index in [0.717, 1.165) is 18.2 Å². The molecule has 106 valence electrons. The number of carbonyl (C=O) groups is 1. The molecule has 1 unspecified atom stereocenters. The van der Waals surface area contributed by atoms with Crippen molar-refractivity contribution in [3.8, 4) is 0 Å². The van der Waals surface area contributed by atoms with Crippen molar-refractivity contribution < 1.29 is 13.6 Å². The summed E-state index contributed by atoms with van der Waals surface area (Å²) in [5.41, 5.74) is 0.0737. The van der Waals surface area contributed by atoms with Gasteiger partial charge in [-0.25, -0.2) is 13.8 Å². The number of halogens is 2. The Hall–Kier alpha value is -2.31. The largest absolute Gasteiger partial charge is 0.343 e. The van der Waals surface area contributed by atoms with Crippen molar-refractivity contribution in [2.75, 3.05) is 0 Å². The van der Waals surface area contributed by atoms with Gasteiger partial charge in [0, 0.05) is 12.0 Å². The van der Waals surface area contributed by atoms with Crippen LogP contribution in [0, 0.1) is 11.6 Å². The van der Waals surface area contributed by atoms with E-state index in [4.69, 9.17) is 0 Å². The maximum Gasteiger partial charge on any atom is 0.291 e. The molecule has 1 heterocycles. The molecule has 7 heteroatoms. The van der Waals surface area contributed by atoms with Gasteiger partial charge in [-0.2, -0.15) is 0 Å². The molecule has 2 N–H and O–H groups in total. The van der Waals surface area contributed by atoms with Gasteiger partial charge in [0.15, 0.2) is 0 Å². The van der Waals surface area contributed by atoms with Crippen molar-refractivity contribution in [3.63, 3.8) is 0 Å². The molecule has 0 aliphatic rings. The van der Waals surface area contributed by atoms with Gasteiger partial charge < -0.3 is 5.32 Å². The van der Waals surface area contributed by atoms with Crippen molar-refractivity contribution in [2.45, 2.75) is 26.3 Å². The first-order chi connectivity index (χ1) is 9.51. The van der Waals surface area contributed by atoms with E-state index in [1.165, 1.54) is 0 Å². The molecule has 0 saturated carbocycles. The molecular formula is C13H14F2N4O. The van der Waals surface area contributed by atoms with Gasteiger partial charge in [-0.05, 0) is 25.1 Å². The smallest absolute Gasteiger partial charge is 0.291 e. The summed E-state index contributed by atoms with van der Waals surface area (Å²) in [6.45, 7) is 3.43. The van der Waals surface area contributed by atoms with E-state index in [-0.39, 0.29) is 11.4 Å². The lowest BCUT2D eigenvalue weighted by atomic mass is 10.1. The Morgan fingerprint density at radius 2 is 2.20 bits per heavy atom. The number of hydrogen-bond donors (Lipinski definition) is 2. The molecule has 0 spiro atoms. The van der Waals surface area contributed by atoms with Crippen molar-refractivity contribution >= 4 is 5.91 Å². The second-order valence-electron chi connectivity index (χ2n) is 4.32. The summed E-state index contributed by atoms with van der Waals surface area (Å²) in [5, 5.41) is 8.90. The fourth-order valence-corrected chi connectivity index (χ4v) is 1.74. The maximum absolute atomic E-state index is 13.6. The fraction of sp³-hybridized carbons (Fsp3) is 0.308. The molecule has 5 nitrogen and oxygen atoms in total. The zero-order chi connectivity index (χ0) is 14.7. The van der Waals surface area contributed by atoms with E-state index in [1.807, 2.05) is 6.92 Å². The number of carbonyl (C=O) groups excluding carboxylic acids is 1. The molecule has 1 aromatic carbocycles. The highest BCUT2D eigenvalue weighted by Crippen LogP contribution is 2.18. The van der Waals surface area contributed by atoms with Crippen LogP contribution in [0.1, 0.15) is 41.9 Å². The first-order valence-electron chi connectivity index (χ1n) is 6.18. The molecule has 20 heavy (non-hydrogen) atoms. The van der Waals surface area contributed by atoms with Crippen LogP contribution in [0.2, 0.25) is 0 Å². The monoisotopic (exact) mass is 280 g/mol. The van der Waals surface area contributed by atoms with E-state index in [0.29, 0.717) is 12.2 Å². The van der Waals surface area contributed by atoms with E-state index in [2.05, 4.69) is 20.5 Å². The van der Waals surface area contributed by atoms with Crippen LogP contribution in [-0.4, -0.2) is 21.1 Å². The third-order valence-corrected chi connectivity index (χ3v) is 2.84. The molecule has 1 amide bonds. The van der Waals surface area contributed by atoms with Gasteiger partial charge in [-0.15, -0.1) is 5.10 Å². The third-order valence-electron chi connectivity index (χ3n) is 2.84. The maximum atomic E-state index is 13.6. The third kappa shape index (κ3) is 2.98. The molecule has 0 aliphatic carbocycles. The van der Waals surface area contributed by atoms with Gasteiger partial charge in [0.2, 0.25) is 5.82 Å². The van der Waals surface area contributed by atoms with Crippen LogP contribution < -0.4 is 5.32 Å². The number of aryl methyl sites for hydroxylation is 1. The zero-order valence-corrected chi connectivity index (χ0v) is 11.1. The van der Waals surface area contributed by atoms with E-state index < -0.39 is 23.6 Å². The molecular weight excluding hydrogens is 266 g/mol. The lowest BCUT2D eigenvalue weighted by molar-refractivity contribution is 0.0929. The van der Waals surface area contributed by atoms with Gasteiger partial charge in [-0.3, -0.25) is 9.89 Å². The number of nitrogens with zero attached hydrogens (tertiary/aromatic N) is 2. The Morgan fingerprint density at radius 1 is 1.45 bits per heavy atom. The van der Waals surface area contributed by atoms with E-state index >= 15 is 0 Å². The Morgan fingerprint density at radius 3 is 2.85 bits per heavy atom. The Bertz CT molecular complexity index is 627. The summed E-state index contributed by atoms with van der Waals surface area (Å²) in [7, 11) is 0. The average molecular weight is 280 g/mol. The van der Waals surface area contributed by atoms with E-state index in [9.17, 15) is 13.6 Å². The number of aromatic nitrogens is 3. The highest BCUT2D eigenvalue weighted by atomic mass is 19.1. The minimum Gasteiger partial charge on any atom is -0.343 e. The van der Waals surface area contributed by atoms with Crippen LogP contribution in [0.15, 0.2) is 18.2 Å². The molecule has 0 aliphatic heterocycles. The van der Waals surface area contributed by atoms with Crippen LogP contribution in [0.25, 0.3) is 0 Å². The lowest BCUT2D eigenvalue weighted by Crippen LogP contribution is -2.28. The summed E-state index contributed by atoms with van der Waals surface area (Å²) in [6, 6.07) is 2.41. The number of benzene rings is 1. The molecule has 0 fully saturated rings. The van der Waals surface area contributed by atoms with Gasteiger partial charge in [0.1, 0.15) is 17.5 Å². The van der Waals surface area contributed by atoms with Crippen molar-refractivity contribution in [1.82, 2.24) is 20.5 Å². The minimum atomic E-state index is -0.693. The molecule has 2 aromatic rings. The van der Waals surface area contributed by atoms with Crippen LogP contribution in [0.4, 0.5) is 8.78 Å². The van der Waals surface area contributed by atoms with Crippen molar-refractivity contribution in [1.29, 1.82) is 0 Å². The number of rotatable bonds is 4. The predicted molar refractivity (Wildman–Crippen MR) is 68.0 cm³/mol. The standard InChI is InChI=1S/C13H14F2N4O/c1-3-11-17-12(19-18-11)13(20)16-7(2)9-6-8(14)4-5-10(9)15/h4-7H,3H2,1-2H3,(H,16,20)(H,17,18,19). The summed E-state index contributed by atoms with van der Waals surface area (Å²) >= 11 is 0. The molecule has 1 atom stereocenters. The summed E-state index contributed by atoms with van der Waals surface area (Å²) in [6.07, 6.45) is 0.619.